The molecule has 1 spiro atoms. The van der Waals surface area contributed by atoms with Gasteiger partial charge in [0.05, 0.1) is 0 Å². The van der Waals surface area contributed by atoms with Crippen LogP contribution in [0.1, 0.15) is 32.3 Å². The Balaban J connectivity index is 1.64. The standard InChI is InChI=1S/C20H26F3N3O3/c1-14(2)12-26-18(28)24(3)17(27)19(26)8-10-25(11-9-19)13-15-4-6-16(7-5-15)29-20(21,22)23/h4-7,14H,8-13H2,1-3H3. The number of hydrogen-bond donors (Lipinski definition) is 0. The summed E-state index contributed by atoms with van der Waals surface area (Å²) in [5.41, 5.74) is 0.0808. The summed E-state index contributed by atoms with van der Waals surface area (Å²) in [6.45, 7) is 6.39. The summed E-state index contributed by atoms with van der Waals surface area (Å²) in [7, 11) is 1.53. The third kappa shape index (κ3) is 4.49. The van der Waals surface area contributed by atoms with Crippen molar-refractivity contribution in [2.45, 2.75) is 45.1 Å². The number of nitrogens with zero attached hydrogens (tertiary/aromatic N) is 3. The molecule has 160 valence electrons. The van der Waals surface area contributed by atoms with Gasteiger partial charge in [-0.25, -0.2) is 4.79 Å². The molecular weight excluding hydrogens is 387 g/mol. The molecule has 2 heterocycles. The number of alkyl halides is 3. The van der Waals surface area contributed by atoms with Gasteiger partial charge in [0.1, 0.15) is 11.3 Å². The third-order valence-electron chi connectivity index (χ3n) is 5.53. The van der Waals surface area contributed by atoms with Crippen LogP contribution in [0.4, 0.5) is 18.0 Å². The van der Waals surface area contributed by atoms with E-state index in [1.165, 1.54) is 24.1 Å². The molecular formula is C20H26F3N3O3. The van der Waals surface area contributed by atoms with Gasteiger partial charge in [-0.15, -0.1) is 13.2 Å². The molecule has 0 N–H and O–H groups in total. The Hall–Kier alpha value is -2.29. The van der Waals surface area contributed by atoms with Crippen LogP contribution in [0.15, 0.2) is 24.3 Å². The highest BCUT2D eigenvalue weighted by Crippen LogP contribution is 2.37. The Morgan fingerprint density at radius 3 is 2.21 bits per heavy atom. The molecule has 0 atom stereocenters. The summed E-state index contributed by atoms with van der Waals surface area (Å²) >= 11 is 0. The molecule has 2 saturated heterocycles. The number of halogens is 3. The smallest absolute Gasteiger partial charge is 0.406 e. The van der Waals surface area contributed by atoms with Crippen LogP contribution in [0.5, 0.6) is 5.75 Å². The van der Waals surface area contributed by atoms with E-state index < -0.39 is 11.9 Å². The Morgan fingerprint density at radius 1 is 1.10 bits per heavy atom. The summed E-state index contributed by atoms with van der Waals surface area (Å²) < 4.78 is 40.7. The molecule has 29 heavy (non-hydrogen) atoms. The van der Waals surface area contributed by atoms with Gasteiger partial charge in [-0.3, -0.25) is 14.6 Å². The number of piperidine rings is 1. The molecule has 3 rings (SSSR count). The number of imide groups is 1. The zero-order valence-corrected chi connectivity index (χ0v) is 16.8. The largest absolute Gasteiger partial charge is 0.573 e. The first-order chi connectivity index (χ1) is 13.5. The van der Waals surface area contributed by atoms with Crippen molar-refractivity contribution in [3.63, 3.8) is 0 Å². The van der Waals surface area contributed by atoms with Crippen molar-refractivity contribution in [2.24, 2.45) is 5.92 Å². The van der Waals surface area contributed by atoms with Gasteiger partial charge in [0.25, 0.3) is 5.91 Å². The average molecular weight is 413 g/mol. The summed E-state index contributed by atoms with van der Waals surface area (Å²) in [6.07, 6.45) is -3.61. The Labute approximate surface area is 168 Å². The zero-order valence-electron chi connectivity index (χ0n) is 16.8. The quantitative estimate of drug-likeness (QED) is 0.694. The van der Waals surface area contributed by atoms with Crippen LogP contribution in [-0.2, 0) is 11.3 Å². The number of amides is 3. The van der Waals surface area contributed by atoms with Crippen molar-refractivity contribution in [2.75, 3.05) is 26.7 Å². The van der Waals surface area contributed by atoms with E-state index in [0.717, 1.165) is 5.56 Å². The molecule has 2 aliphatic heterocycles. The van der Waals surface area contributed by atoms with Gasteiger partial charge in [-0.2, -0.15) is 0 Å². The first kappa shape index (κ1) is 21.4. The number of ether oxygens (including phenoxy) is 1. The van der Waals surface area contributed by atoms with E-state index in [-0.39, 0.29) is 23.6 Å². The molecule has 1 aromatic rings. The molecule has 2 aliphatic rings. The predicted octanol–water partition coefficient (Wildman–Crippen LogP) is 3.47. The zero-order chi connectivity index (χ0) is 21.4. The van der Waals surface area contributed by atoms with Crippen molar-refractivity contribution in [3.8, 4) is 5.75 Å². The van der Waals surface area contributed by atoms with Crippen molar-refractivity contribution in [1.29, 1.82) is 0 Å². The number of benzene rings is 1. The molecule has 0 aromatic heterocycles. The SMILES string of the molecule is CC(C)CN1C(=O)N(C)C(=O)C12CCN(Cc1ccc(OC(F)(F)F)cc1)CC2. The fraction of sp³-hybridized carbons (Fsp3) is 0.600. The fourth-order valence-corrected chi connectivity index (χ4v) is 4.12. The molecule has 2 fully saturated rings. The lowest BCUT2D eigenvalue weighted by atomic mass is 9.85. The van der Waals surface area contributed by atoms with Crippen LogP contribution < -0.4 is 4.74 Å². The molecule has 6 nitrogen and oxygen atoms in total. The van der Waals surface area contributed by atoms with E-state index in [9.17, 15) is 22.8 Å². The molecule has 0 saturated carbocycles. The number of carbonyl (C=O) groups excluding carboxylic acids is 2. The van der Waals surface area contributed by atoms with Crippen LogP contribution in [0.2, 0.25) is 0 Å². The fourth-order valence-electron chi connectivity index (χ4n) is 4.12. The van der Waals surface area contributed by atoms with Gasteiger partial charge in [0.2, 0.25) is 0 Å². The van der Waals surface area contributed by atoms with Crippen molar-refractivity contribution in [3.05, 3.63) is 29.8 Å². The molecule has 0 radical (unpaired) electrons. The molecule has 0 bridgehead atoms. The second kappa shape index (κ2) is 7.85. The molecule has 0 unspecified atom stereocenters. The molecule has 3 amide bonds. The molecule has 9 heteroatoms. The van der Waals surface area contributed by atoms with Gasteiger partial charge in [0, 0.05) is 33.2 Å². The topological polar surface area (TPSA) is 53.1 Å². The third-order valence-corrected chi connectivity index (χ3v) is 5.53. The van der Waals surface area contributed by atoms with Gasteiger partial charge < -0.3 is 9.64 Å². The number of likely N-dealkylation sites (tertiary alicyclic amines) is 1. The summed E-state index contributed by atoms with van der Waals surface area (Å²) in [6, 6.07) is 5.57. The maximum Gasteiger partial charge on any atom is 0.573 e. The minimum Gasteiger partial charge on any atom is -0.406 e. The number of carbonyl (C=O) groups is 2. The van der Waals surface area contributed by atoms with Crippen LogP contribution in [0.3, 0.4) is 0 Å². The maximum absolute atomic E-state index is 12.8. The van der Waals surface area contributed by atoms with Crippen molar-refractivity contribution in [1.82, 2.24) is 14.7 Å². The van der Waals surface area contributed by atoms with E-state index >= 15 is 0 Å². The van der Waals surface area contributed by atoms with Gasteiger partial charge >= 0.3 is 12.4 Å². The van der Waals surface area contributed by atoms with Crippen LogP contribution >= 0.6 is 0 Å². The Morgan fingerprint density at radius 2 is 1.69 bits per heavy atom. The highest BCUT2D eigenvalue weighted by molar-refractivity contribution is 6.06. The monoisotopic (exact) mass is 413 g/mol. The molecule has 1 aromatic carbocycles. The lowest BCUT2D eigenvalue weighted by Crippen LogP contribution is -2.57. The van der Waals surface area contributed by atoms with E-state index in [0.29, 0.717) is 39.0 Å². The van der Waals surface area contributed by atoms with Crippen LogP contribution in [0.25, 0.3) is 0 Å². The summed E-state index contributed by atoms with van der Waals surface area (Å²) in [5.74, 6) is -0.136. The van der Waals surface area contributed by atoms with Crippen LogP contribution in [0, 0.1) is 5.92 Å². The van der Waals surface area contributed by atoms with Gasteiger partial charge in [-0.05, 0) is 36.5 Å². The number of likely N-dealkylation sites (N-methyl/N-ethyl adjacent to an activating group) is 1. The first-order valence-corrected chi connectivity index (χ1v) is 9.68. The molecule has 0 aliphatic carbocycles. The second-order valence-corrected chi connectivity index (χ2v) is 8.15. The van der Waals surface area contributed by atoms with Crippen molar-refractivity contribution >= 4 is 11.9 Å². The Bertz CT molecular complexity index is 756. The van der Waals surface area contributed by atoms with Crippen LogP contribution in [-0.4, -0.2) is 65.2 Å². The lowest BCUT2D eigenvalue weighted by Gasteiger charge is -2.42. The van der Waals surface area contributed by atoms with Gasteiger partial charge in [-0.1, -0.05) is 26.0 Å². The number of hydrogen-bond acceptors (Lipinski definition) is 4. The summed E-state index contributed by atoms with van der Waals surface area (Å²) in [5, 5.41) is 0. The highest BCUT2D eigenvalue weighted by Gasteiger charge is 2.56. The van der Waals surface area contributed by atoms with E-state index in [1.807, 2.05) is 13.8 Å². The number of urea groups is 1. The number of rotatable bonds is 5. The highest BCUT2D eigenvalue weighted by atomic mass is 19.4. The second-order valence-electron chi connectivity index (χ2n) is 8.15. The maximum atomic E-state index is 12.8. The normalized spacial score (nSPS) is 20.2. The first-order valence-electron chi connectivity index (χ1n) is 9.68. The van der Waals surface area contributed by atoms with E-state index in [4.69, 9.17) is 0 Å². The van der Waals surface area contributed by atoms with Gasteiger partial charge in [0.15, 0.2) is 0 Å². The minimum absolute atomic E-state index is 0.142. The van der Waals surface area contributed by atoms with E-state index in [1.54, 1.807) is 17.0 Å². The summed E-state index contributed by atoms with van der Waals surface area (Å²) in [4.78, 5) is 30.5. The minimum atomic E-state index is -4.71. The predicted molar refractivity (Wildman–Crippen MR) is 100 cm³/mol. The average Bonchev–Trinajstić information content (AvgIpc) is 2.80. The lowest BCUT2D eigenvalue weighted by molar-refractivity contribution is -0.274. The van der Waals surface area contributed by atoms with E-state index in [2.05, 4.69) is 9.64 Å². The van der Waals surface area contributed by atoms with Crippen molar-refractivity contribution < 1.29 is 27.5 Å². The Kier molecular flexibility index (Phi) is 5.80.